The van der Waals surface area contributed by atoms with Crippen molar-refractivity contribution < 1.29 is 14.6 Å². The molecule has 4 heteroatoms. The molecule has 0 bridgehead atoms. The number of ether oxygens (including phenoxy) is 2. The molecule has 0 spiro atoms. The van der Waals surface area contributed by atoms with Crippen LogP contribution in [0.5, 0.6) is 11.6 Å². The van der Waals surface area contributed by atoms with Gasteiger partial charge in [-0.2, -0.15) is 0 Å². The fourth-order valence-corrected chi connectivity index (χ4v) is 1.87. The van der Waals surface area contributed by atoms with E-state index in [0.29, 0.717) is 25.0 Å². The zero-order chi connectivity index (χ0) is 15.1. The molecule has 112 valence electrons. The molecule has 0 unspecified atom stereocenters. The minimum absolute atomic E-state index is 0.0148. The summed E-state index contributed by atoms with van der Waals surface area (Å²) in [6, 6.07) is 13.3. The van der Waals surface area contributed by atoms with Crippen LogP contribution in [0.15, 0.2) is 42.5 Å². The Morgan fingerprint density at radius 3 is 2.43 bits per heavy atom. The number of hydrogen-bond donors (Lipinski definition) is 1. The van der Waals surface area contributed by atoms with Crippen molar-refractivity contribution in [3.63, 3.8) is 0 Å². The number of para-hydroxylation sites is 1. The summed E-state index contributed by atoms with van der Waals surface area (Å²) >= 11 is 0. The lowest BCUT2D eigenvalue weighted by Gasteiger charge is -2.11. The van der Waals surface area contributed by atoms with Crippen LogP contribution in [0, 0.1) is 0 Å². The lowest BCUT2D eigenvalue weighted by Crippen LogP contribution is -2.10. The van der Waals surface area contributed by atoms with Crippen molar-refractivity contribution in [1.29, 1.82) is 0 Å². The Morgan fingerprint density at radius 1 is 1.05 bits per heavy atom. The Hall–Kier alpha value is -2.07. The van der Waals surface area contributed by atoms with E-state index in [4.69, 9.17) is 9.47 Å². The first-order valence-corrected chi connectivity index (χ1v) is 7.11. The van der Waals surface area contributed by atoms with Crippen molar-refractivity contribution in [2.24, 2.45) is 0 Å². The number of rotatable bonds is 7. The van der Waals surface area contributed by atoms with Crippen LogP contribution in [0.4, 0.5) is 0 Å². The molecule has 21 heavy (non-hydrogen) atoms. The van der Waals surface area contributed by atoms with E-state index >= 15 is 0 Å². The topological polar surface area (TPSA) is 51.6 Å². The van der Waals surface area contributed by atoms with E-state index in [2.05, 4.69) is 18.8 Å². The van der Waals surface area contributed by atoms with Crippen molar-refractivity contribution in [3.05, 3.63) is 53.7 Å². The Balaban J connectivity index is 1.89. The van der Waals surface area contributed by atoms with Gasteiger partial charge in [-0.15, -0.1) is 0 Å². The summed E-state index contributed by atoms with van der Waals surface area (Å²) in [4.78, 5) is 4.44. The number of aliphatic hydroxyl groups excluding tert-OH is 1. The van der Waals surface area contributed by atoms with Gasteiger partial charge in [-0.1, -0.05) is 32.0 Å². The third kappa shape index (κ3) is 4.76. The van der Waals surface area contributed by atoms with Gasteiger partial charge in [0.05, 0.1) is 6.61 Å². The minimum Gasteiger partial charge on any atom is -0.490 e. The van der Waals surface area contributed by atoms with Gasteiger partial charge in [-0.05, 0) is 29.7 Å². The van der Waals surface area contributed by atoms with Gasteiger partial charge in [0.15, 0.2) is 0 Å². The maximum Gasteiger partial charge on any atom is 0.213 e. The Kier molecular flexibility index (Phi) is 5.58. The standard InChI is InChI=1S/C17H21NO3/c1-13(2)16-10-14(12-19)11-17(18-16)21-9-8-20-15-6-4-3-5-7-15/h3-7,10-11,13,19H,8-9,12H2,1-2H3. The van der Waals surface area contributed by atoms with Crippen LogP contribution >= 0.6 is 0 Å². The summed E-state index contributed by atoms with van der Waals surface area (Å²) in [6.07, 6.45) is 0. The monoisotopic (exact) mass is 287 g/mol. The highest BCUT2D eigenvalue weighted by Crippen LogP contribution is 2.19. The molecule has 1 heterocycles. The van der Waals surface area contributed by atoms with E-state index < -0.39 is 0 Å². The highest BCUT2D eigenvalue weighted by Gasteiger charge is 2.07. The third-order valence-electron chi connectivity index (χ3n) is 3.00. The molecule has 0 aliphatic heterocycles. The molecule has 2 aromatic rings. The van der Waals surface area contributed by atoms with Gasteiger partial charge in [0.1, 0.15) is 19.0 Å². The maximum absolute atomic E-state index is 9.28. The predicted octanol–water partition coefficient (Wildman–Crippen LogP) is 3.16. The second-order valence-electron chi connectivity index (χ2n) is 5.06. The summed E-state index contributed by atoms with van der Waals surface area (Å²) in [5.41, 5.74) is 1.73. The van der Waals surface area contributed by atoms with Crippen LogP contribution in [0.1, 0.15) is 31.0 Å². The normalized spacial score (nSPS) is 10.7. The van der Waals surface area contributed by atoms with Crippen molar-refractivity contribution >= 4 is 0 Å². The molecule has 1 N–H and O–H groups in total. The van der Waals surface area contributed by atoms with Crippen LogP contribution in [-0.4, -0.2) is 23.3 Å². The Labute approximate surface area is 125 Å². The van der Waals surface area contributed by atoms with Gasteiger partial charge in [0.2, 0.25) is 5.88 Å². The first kappa shape index (κ1) is 15.3. The molecular weight excluding hydrogens is 266 g/mol. The molecule has 0 saturated carbocycles. The lowest BCUT2D eigenvalue weighted by atomic mass is 10.1. The average molecular weight is 287 g/mol. The molecular formula is C17H21NO3. The van der Waals surface area contributed by atoms with Crippen molar-refractivity contribution in [2.75, 3.05) is 13.2 Å². The molecule has 0 atom stereocenters. The van der Waals surface area contributed by atoms with Gasteiger partial charge >= 0.3 is 0 Å². The highest BCUT2D eigenvalue weighted by atomic mass is 16.5. The SMILES string of the molecule is CC(C)c1cc(CO)cc(OCCOc2ccccc2)n1. The van der Waals surface area contributed by atoms with Crippen LogP contribution in [-0.2, 0) is 6.61 Å². The zero-order valence-corrected chi connectivity index (χ0v) is 12.5. The fourth-order valence-electron chi connectivity index (χ4n) is 1.87. The van der Waals surface area contributed by atoms with E-state index in [1.807, 2.05) is 36.4 Å². The number of aromatic nitrogens is 1. The summed E-state index contributed by atoms with van der Waals surface area (Å²) in [5, 5.41) is 9.28. The smallest absolute Gasteiger partial charge is 0.213 e. The van der Waals surface area contributed by atoms with Gasteiger partial charge in [-0.25, -0.2) is 4.98 Å². The molecule has 1 aromatic carbocycles. The fraction of sp³-hybridized carbons (Fsp3) is 0.353. The summed E-state index contributed by atoms with van der Waals surface area (Å²) in [7, 11) is 0. The Bertz CT molecular complexity index is 555. The molecule has 1 aromatic heterocycles. The molecule has 0 aliphatic rings. The molecule has 4 nitrogen and oxygen atoms in total. The van der Waals surface area contributed by atoms with Crippen LogP contribution in [0.3, 0.4) is 0 Å². The average Bonchev–Trinajstić information content (AvgIpc) is 2.52. The summed E-state index contributed by atoms with van der Waals surface area (Å²) in [5.74, 6) is 1.64. The van der Waals surface area contributed by atoms with E-state index in [1.54, 1.807) is 6.07 Å². The largest absolute Gasteiger partial charge is 0.490 e. The number of aliphatic hydroxyl groups is 1. The molecule has 0 radical (unpaired) electrons. The summed E-state index contributed by atoms with van der Waals surface area (Å²) in [6.45, 7) is 4.97. The molecule has 0 amide bonds. The lowest BCUT2D eigenvalue weighted by molar-refractivity contribution is 0.210. The second-order valence-corrected chi connectivity index (χ2v) is 5.06. The minimum atomic E-state index is -0.0148. The molecule has 0 aliphatic carbocycles. The third-order valence-corrected chi connectivity index (χ3v) is 3.00. The summed E-state index contributed by atoms with van der Waals surface area (Å²) < 4.78 is 11.2. The zero-order valence-electron chi connectivity index (χ0n) is 12.5. The van der Waals surface area contributed by atoms with Crippen LogP contribution in [0.25, 0.3) is 0 Å². The van der Waals surface area contributed by atoms with Gasteiger partial charge in [-0.3, -0.25) is 0 Å². The number of benzene rings is 1. The number of hydrogen-bond acceptors (Lipinski definition) is 4. The number of nitrogens with zero attached hydrogens (tertiary/aromatic N) is 1. The molecule has 2 rings (SSSR count). The second kappa shape index (κ2) is 7.64. The first-order chi connectivity index (χ1) is 10.2. The first-order valence-electron chi connectivity index (χ1n) is 7.11. The van der Waals surface area contributed by atoms with E-state index in [-0.39, 0.29) is 6.61 Å². The van der Waals surface area contributed by atoms with Crippen LogP contribution in [0.2, 0.25) is 0 Å². The van der Waals surface area contributed by atoms with E-state index in [0.717, 1.165) is 17.0 Å². The van der Waals surface area contributed by atoms with Crippen molar-refractivity contribution in [2.45, 2.75) is 26.4 Å². The van der Waals surface area contributed by atoms with Crippen molar-refractivity contribution in [3.8, 4) is 11.6 Å². The molecule has 0 fully saturated rings. The number of pyridine rings is 1. The molecule has 0 saturated heterocycles. The predicted molar refractivity (Wildman–Crippen MR) is 81.7 cm³/mol. The van der Waals surface area contributed by atoms with Gasteiger partial charge < -0.3 is 14.6 Å². The Morgan fingerprint density at radius 2 is 1.76 bits per heavy atom. The van der Waals surface area contributed by atoms with Crippen molar-refractivity contribution in [1.82, 2.24) is 4.98 Å². The van der Waals surface area contributed by atoms with Gasteiger partial charge in [0, 0.05) is 11.8 Å². The maximum atomic E-state index is 9.28. The van der Waals surface area contributed by atoms with Crippen LogP contribution < -0.4 is 9.47 Å². The van der Waals surface area contributed by atoms with E-state index in [9.17, 15) is 5.11 Å². The van der Waals surface area contributed by atoms with E-state index in [1.165, 1.54) is 0 Å². The van der Waals surface area contributed by atoms with Gasteiger partial charge in [0.25, 0.3) is 0 Å². The highest BCUT2D eigenvalue weighted by molar-refractivity contribution is 5.26. The quantitative estimate of drug-likeness (QED) is 0.795.